The summed E-state index contributed by atoms with van der Waals surface area (Å²) in [5, 5.41) is 3.47. The summed E-state index contributed by atoms with van der Waals surface area (Å²) in [5.41, 5.74) is 0.499. The fraction of sp³-hybridized carbons (Fsp3) is 0.600. The number of hydrogen-bond donors (Lipinski definition) is 1. The van der Waals surface area contributed by atoms with Crippen LogP contribution >= 0.6 is 0 Å². The van der Waals surface area contributed by atoms with Gasteiger partial charge in [0, 0.05) is 18.0 Å². The second kappa shape index (κ2) is 2.49. The van der Waals surface area contributed by atoms with Gasteiger partial charge in [-0.15, -0.1) is 6.58 Å². The van der Waals surface area contributed by atoms with Crippen molar-refractivity contribution < 1.29 is 0 Å². The van der Waals surface area contributed by atoms with E-state index in [0.717, 1.165) is 6.54 Å². The molecule has 1 N–H and O–H groups in total. The Bertz CT molecular complexity index is 195. The standard InChI is InChI=1S/C10H15N/c1-2-9-7-10(8-11-9)5-3-4-6-10/h2-3,5,9,11H,1,4,6-8H2. The maximum absolute atomic E-state index is 3.81. The predicted molar refractivity (Wildman–Crippen MR) is 47.4 cm³/mol. The van der Waals surface area contributed by atoms with E-state index in [4.69, 9.17) is 0 Å². The van der Waals surface area contributed by atoms with E-state index in [2.05, 4.69) is 24.0 Å². The van der Waals surface area contributed by atoms with Gasteiger partial charge in [-0.2, -0.15) is 0 Å². The molecule has 1 heterocycles. The molecule has 60 valence electrons. The molecule has 1 heteroatoms. The van der Waals surface area contributed by atoms with Gasteiger partial charge in [-0.25, -0.2) is 0 Å². The molecule has 1 aliphatic carbocycles. The van der Waals surface area contributed by atoms with Gasteiger partial charge in [-0.3, -0.25) is 0 Å². The minimum atomic E-state index is 0.499. The van der Waals surface area contributed by atoms with Crippen molar-refractivity contribution in [3.05, 3.63) is 24.8 Å². The second-order valence-corrected chi connectivity index (χ2v) is 3.73. The van der Waals surface area contributed by atoms with Crippen molar-refractivity contribution in [3.63, 3.8) is 0 Å². The first kappa shape index (κ1) is 7.11. The molecule has 2 rings (SSSR count). The Morgan fingerprint density at radius 1 is 1.64 bits per heavy atom. The Labute approximate surface area is 68.2 Å². The zero-order valence-electron chi connectivity index (χ0n) is 6.84. The van der Waals surface area contributed by atoms with E-state index in [-0.39, 0.29) is 0 Å². The molecule has 0 bridgehead atoms. The van der Waals surface area contributed by atoms with Crippen LogP contribution in [-0.2, 0) is 0 Å². The summed E-state index contributed by atoms with van der Waals surface area (Å²) in [6.07, 6.45) is 10.6. The third-order valence-electron chi connectivity index (χ3n) is 2.91. The molecule has 0 saturated carbocycles. The minimum Gasteiger partial charge on any atom is -0.310 e. The molecule has 0 aromatic heterocycles. The second-order valence-electron chi connectivity index (χ2n) is 3.73. The summed E-state index contributed by atoms with van der Waals surface area (Å²) < 4.78 is 0. The average molecular weight is 149 g/mol. The molecule has 0 amide bonds. The molecule has 2 aliphatic rings. The number of hydrogen-bond acceptors (Lipinski definition) is 1. The molecule has 2 unspecified atom stereocenters. The smallest absolute Gasteiger partial charge is 0.0256 e. The molecule has 2 atom stereocenters. The van der Waals surface area contributed by atoms with Crippen LogP contribution in [0.25, 0.3) is 0 Å². The summed E-state index contributed by atoms with van der Waals surface area (Å²) in [7, 11) is 0. The highest BCUT2D eigenvalue weighted by molar-refractivity contribution is 5.14. The van der Waals surface area contributed by atoms with Gasteiger partial charge < -0.3 is 5.32 Å². The molecular weight excluding hydrogens is 134 g/mol. The third-order valence-corrected chi connectivity index (χ3v) is 2.91. The van der Waals surface area contributed by atoms with Crippen LogP contribution in [0.3, 0.4) is 0 Å². The molecule has 0 aromatic carbocycles. The highest BCUT2D eigenvalue weighted by Gasteiger charge is 2.36. The monoisotopic (exact) mass is 149 g/mol. The minimum absolute atomic E-state index is 0.499. The highest BCUT2D eigenvalue weighted by Crippen LogP contribution is 2.39. The fourth-order valence-electron chi connectivity index (χ4n) is 2.19. The van der Waals surface area contributed by atoms with Crippen molar-refractivity contribution in [2.24, 2.45) is 5.41 Å². The van der Waals surface area contributed by atoms with Gasteiger partial charge in [0.15, 0.2) is 0 Å². The maximum atomic E-state index is 3.81. The normalized spacial score (nSPS) is 42.0. The molecule has 1 fully saturated rings. The summed E-state index contributed by atoms with van der Waals surface area (Å²) >= 11 is 0. The van der Waals surface area contributed by atoms with Crippen molar-refractivity contribution in [3.8, 4) is 0 Å². The lowest BCUT2D eigenvalue weighted by atomic mass is 9.85. The Kier molecular flexibility index (Phi) is 1.61. The molecule has 0 radical (unpaired) electrons. The van der Waals surface area contributed by atoms with Crippen LogP contribution in [0, 0.1) is 5.41 Å². The van der Waals surface area contributed by atoms with Gasteiger partial charge in [-0.05, 0) is 19.3 Å². The van der Waals surface area contributed by atoms with Crippen LogP contribution in [0.1, 0.15) is 19.3 Å². The Morgan fingerprint density at radius 3 is 3.09 bits per heavy atom. The largest absolute Gasteiger partial charge is 0.310 e. The molecule has 1 spiro atoms. The first-order valence-electron chi connectivity index (χ1n) is 4.38. The summed E-state index contributed by atoms with van der Waals surface area (Å²) in [6.45, 7) is 4.96. The Balaban J connectivity index is 2.07. The Morgan fingerprint density at radius 2 is 2.55 bits per heavy atom. The van der Waals surface area contributed by atoms with Gasteiger partial charge in [0.05, 0.1) is 0 Å². The number of rotatable bonds is 1. The van der Waals surface area contributed by atoms with E-state index in [1.807, 2.05) is 6.08 Å². The molecule has 1 saturated heterocycles. The highest BCUT2D eigenvalue weighted by atomic mass is 15.0. The lowest BCUT2D eigenvalue weighted by Crippen LogP contribution is -2.20. The lowest BCUT2D eigenvalue weighted by molar-refractivity contribution is 0.414. The van der Waals surface area contributed by atoms with Gasteiger partial charge in [0.25, 0.3) is 0 Å². The zero-order chi connectivity index (χ0) is 7.73. The van der Waals surface area contributed by atoms with Gasteiger partial charge >= 0.3 is 0 Å². The molecule has 11 heavy (non-hydrogen) atoms. The van der Waals surface area contributed by atoms with Gasteiger partial charge in [0.1, 0.15) is 0 Å². The lowest BCUT2D eigenvalue weighted by Gasteiger charge is -2.18. The van der Waals surface area contributed by atoms with Crippen LogP contribution < -0.4 is 5.32 Å². The van der Waals surface area contributed by atoms with E-state index in [9.17, 15) is 0 Å². The third kappa shape index (κ3) is 1.14. The van der Waals surface area contributed by atoms with E-state index in [0.29, 0.717) is 11.5 Å². The average Bonchev–Trinajstić information content (AvgIpc) is 2.62. The van der Waals surface area contributed by atoms with Crippen molar-refractivity contribution in [1.82, 2.24) is 5.32 Å². The zero-order valence-corrected chi connectivity index (χ0v) is 6.84. The van der Waals surface area contributed by atoms with Crippen molar-refractivity contribution in [1.29, 1.82) is 0 Å². The quantitative estimate of drug-likeness (QED) is 0.561. The molecule has 1 nitrogen and oxygen atoms in total. The van der Waals surface area contributed by atoms with E-state index < -0.39 is 0 Å². The Hall–Kier alpha value is -0.560. The van der Waals surface area contributed by atoms with Crippen LogP contribution in [0.2, 0.25) is 0 Å². The fourth-order valence-corrected chi connectivity index (χ4v) is 2.19. The summed E-state index contributed by atoms with van der Waals surface area (Å²) in [5.74, 6) is 0. The van der Waals surface area contributed by atoms with Crippen molar-refractivity contribution in [2.45, 2.75) is 25.3 Å². The van der Waals surface area contributed by atoms with E-state index in [1.165, 1.54) is 19.3 Å². The number of nitrogens with one attached hydrogen (secondary N) is 1. The number of allylic oxidation sites excluding steroid dienone is 1. The first-order chi connectivity index (χ1) is 5.35. The summed E-state index contributed by atoms with van der Waals surface area (Å²) in [4.78, 5) is 0. The van der Waals surface area contributed by atoms with Crippen LogP contribution in [0.4, 0.5) is 0 Å². The van der Waals surface area contributed by atoms with Crippen molar-refractivity contribution in [2.75, 3.05) is 6.54 Å². The SMILES string of the molecule is C=CC1CC2(C=CCC2)CN1. The molecule has 1 aliphatic heterocycles. The van der Waals surface area contributed by atoms with Crippen LogP contribution in [0.5, 0.6) is 0 Å². The topological polar surface area (TPSA) is 12.0 Å². The van der Waals surface area contributed by atoms with E-state index in [1.54, 1.807) is 0 Å². The van der Waals surface area contributed by atoms with E-state index >= 15 is 0 Å². The van der Waals surface area contributed by atoms with Crippen LogP contribution in [-0.4, -0.2) is 12.6 Å². The molecular formula is C10H15N. The van der Waals surface area contributed by atoms with Crippen molar-refractivity contribution >= 4 is 0 Å². The van der Waals surface area contributed by atoms with Gasteiger partial charge in [0.2, 0.25) is 0 Å². The first-order valence-corrected chi connectivity index (χ1v) is 4.38. The maximum Gasteiger partial charge on any atom is 0.0256 e. The summed E-state index contributed by atoms with van der Waals surface area (Å²) in [6, 6.07) is 0.553. The van der Waals surface area contributed by atoms with Crippen LogP contribution in [0.15, 0.2) is 24.8 Å². The molecule has 0 aromatic rings. The van der Waals surface area contributed by atoms with Gasteiger partial charge in [-0.1, -0.05) is 18.2 Å². The predicted octanol–water partition coefficient (Wildman–Crippen LogP) is 1.87.